The average molecular weight is 305 g/mol. The van der Waals surface area contributed by atoms with Crippen molar-refractivity contribution in [3.63, 3.8) is 0 Å². The molecule has 0 aliphatic heterocycles. The van der Waals surface area contributed by atoms with Crippen LogP contribution in [0, 0.1) is 0 Å². The molecule has 0 heterocycles. The van der Waals surface area contributed by atoms with Crippen molar-refractivity contribution in [3.05, 3.63) is 12.2 Å². The van der Waals surface area contributed by atoms with Gasteiger partial charge in [-0.15, -0.1) is 0 Å². The summed E-state index contributed by atoms with van der Waals surface area (Å²) in [4.78, 5) is 11.4. The number of hydrogen-bond donors (Lipinski definition) is 4. The molecule has 5 N–H and O–H groups in total. The molecule has 7 heteroatoms. The van der Waals surface area contributed by atoms with Gasteiger partial charge in [-0.05, 0) is 20.8 Å². The second kappa shape index (κ2) is 9.11. The van der Waals surface area contributed by atoms with Gasteiger partial charge in [-0.25, -0.2) is 4.79 Å². The van der Waals surface area contributed by atoms with E-state index in [4.69, 9.17) is 15.2 Å². The van der Waals surface area contributed by atoms with E-state index in [2.05, 4.69) is 6.58 Å². The molecule has 0 amide bonds. The first kappa shape index (κ1) is 20.0. The maximum absolute atomic E-state index is 11.4. The Morgan fingerprint density at radius 2 is 1.95 bits per heavy atom. The molecule has 0 aromatic heterocycles. The van der Waals surface area contributed by atoms with Crippen LogP contribution in [0.3, 0.4) is 0 Å². The van der Waals surface area contributed by atoms with Crippen molar-refractivity contribution in [2.75, 3.05) is 13.2 Å². The Bertz CT molecular complexity index is 339. The summed E-state index contributed by atoms with van der Waals surface area (Å²) in [7, 11) is 0. The highest BCUT2D eigenvalue weighted by atomic mass is 16.6. The van der Waals surface area contributed by atoms with Gasteiger partial charge in [0, 0.05) is 25.0 Å². The first-order chi connectivity index (χ1) is 9.60. The van der Waals surface area contributed by atoms with Crippen molar-refractivity contribution in [1.29, 1.82) is 0 Å². The average Bonchev–Trinajstić information content (AvgIpc) is 2.35. The lowest BCUT2D eigenvalue weighted by Crippen LogP contribution is -2.43. The Balaban J connectivity index is 4.56. The summed E-state index contributed by atoms with van der Waals surface area (Å²) in [5, 5.41) is 29.4. The molecule has 7 nitrogen and oxygen atoms in total. The van der Waals surface area contributed by atoms with E-state index in [-0.39, 0.29) is 31.6 Å². The molecule has 2 unspecified atom stereocenters. The number of esters is 1. The monoisotopic (exact) mass is 305 g/mol. The van der Waals surface area contributed by atoms with Crippen LogP contribution in [0.5, 0.6) is 0 Å². The van der Waals surface area contributed by atoms with Crippen LogP contribution in [0.1, 0.15) is 33.6 Å². The molecule has 0 aliphatic carbocycles. The first-order valence-electron chi connectivity index (χ1n) is 6.92. The summed E-state index contributed by atoms with van der Waals surface area (Å²) in [6.45, 7) is 8.19. The fraction of sp³-hybridized carbons (Fsp3) is 0.786. The first-order valence-corrected chi connectivity index (χ1v) is 6.92. The van der Waals surface area contributed by atoms with Gasteiger partial charge < -0.3 is 30.5 Å². The summed E-state index contributed by atoms with van der Waals surface area (Å²) in [5.41, 5.74) is 5.50. The van der Waals surface area contributed by atoms with E-state index < -0.39 is 30.1 Å². The topological polar surface area (TPSA) is 122 Å². The lowest BCUT2D eigenvalue weighted by Gasteiger charge is -2.30. The number of ether oxygens (including phenoxy) is 2. The smallest absolute Gasteiger partial charge is 0.333 e. The van der Waals surface area contributed by atoms with E-state index in [0.29, 0.717) is 0 Å². The van der Waals surface area contributed by atoms with Crippen LogP contribution in [-0.2, 0) is 14.3 Å². The zero-order valence-electron chi connectivity index (χ0n) is 12.9. The predicted molar refractivity (Wildman–Crippen MR) is 77.2 cm³/mol. The lowest BCUT2D eigenvalue weighted by atomic mass is 10.0. The molecule has 0 radical (unpaired) electrons. The molecule has 0 bridgehead atoms. The summed E-state index contributed by atoms with van der Waals surface area (Å²) in [5.74, 6) is -2.05. The van der Waals surface area contributed by atoms with Gasteiger partial charge in [-0.1, -0.05) is 6.58 Å². The highest BCUT2D eigenvalue weighted by Gasteiger charge is 2.29. The molecule has 21 heavy (non-hydrogen) atoms. The molecular weight excluding hydrogens is 278 g/mol. The maximum Gasteiger partial charge on any atom is 0.333 e. The zero-order chi connectivity index (χ0) is 16.6. The quantitative estimate of drug-likeness (QED) is 0.248. The molecule has 0 saturated heterocycles. The molecule has 0 aliphatic rings. The highest BCUT2D eigenvalue weighted by Crippen LogP contribution is 2.18. The minimum absolute atomic E-state index is 0.000775. The molecule has 0 saturated carbocycles. The number of aliphatic hydroxyl groups excluding tert-OH is 2. The second-order valence-electron chi connectivity index (χ2n) is 5.32. The summed E-state index contributed by atoms with van der Waals surface area (Å²) in [6.07, 6.45) is -2.89. The van der Waals surface area contributed by atoms with Crippen molar-refractivity contribution >= 4 is 5.97 Å². The van der Waals surface area contributed by atoms with Gasteiger partial charge >= 0.3 is 5.97 Å². The molecular formula is C14H27NO6. The Labute approximate surface area is 125 Å². The van der Waals surface area contributed by atoms with E-state index >= 15 is 0 Å². The molecule has 0 aromatic rings. The van der Waals surface area contributed by atoms with Crippen molar-refractivity contribution in [2.24, 2.45) is 5.73 Å². The highest BCUT2D eigenvalue weighted by molar-refractivity contribution is 5.87. The molecule has 124 valence electrons. The third-order valence-electron chi connectivity index (χ3n) is 2.66. The standard InChI is InChI=1S/C14H27NO6/c1-5-20-13(18)9(2)6-10(16)7-12(11(17)8-15)21-14(3,4)19/h10-12,16-17,19H,2,5-8,15H2,1,3-4H3/t10?,11-,12?/m1/s1. The van der Waals surface area contributed by atoms with Crippen LogP contribution >= 0.6 is 0 Å². The number of carbonyl (C=O) groups is 1. The normalized spacial score (nSPS) is 16.1. The minimum Gasteiger partial charge on any atom is -0.463 e. The van der Waals surface area contributed by atoms with Crippen LogP contribution < -0.4 is 5.73 Å². The van der Waals surface area contributed by atoms with E-state index in [1.54, 1.807) is 6.92 Å². The van der Waals surface area contributed by atoms with Crippen LogP contribution in [-0.4, -0.2) is 58.5 Å². The molecule has 0 fully saturated rings. The van der Waals surface area contributed by atoms with Gasteiger partial charge in [0.2, 0.25) is 0 Å². The molecule has 3 atom stereocenters. The van der Waals surface area contributed by atoms with Crippen molar-refractivity contribution in [1.82, 2.24) is 0 Å². The third-order valence-corrected chi connectivity index (χ3v) is 2.66. The van der Waals surface area contributed by atoms with Gasteiger partial charge in [0.1, 0.15) is 0 Å². The van der Waals surface area contributed by atoms with Crippen LogP contribution in [0.15, 0.2) is 12.2 Å². The Morgan fingerprint density at radius 3 is 2.38 bits per heavy atom. The zero-order valence-corrected chi connectivity index (χ0v) is 12.9. The molecule has 0 rings (SSSR count). The largest absolute Gasteiger partial charge is 0.463 e. The van der Waals surface area contributed by atoms with E-state index in [0.717, 1.165) is 0 Å². The second-order valence-corrected chi connectivity index (χ2v) is 5.32. The summed E-state index contributed by atoms with van der Waals surface area (Å²) < 4.78 is 10.0. The summed E-state index contributed by atoms with van der Waals surface area (Å²) in [6, 6.07) is 0. The SMILES string of the molecule is C=C(CC(O)CC(OC(C)(C)O)[C@H](O)CN)C(=O)OCC. The molecule has 0 aromatic carbocycles. The van der Waals surface area contributed by atoms with Crippen molar-refractivity contribution in [3.8, 4) is 0 Å². The van der Waals surface area contributed by atoms with E-state index in [9.17, 15) is 20.1 Å². The Morgan fingerprint density at radius 1 is 1.38 bits per heavy atom. The lowest BCUT2D eigenvalue weighted by molar-refractivity contribution is -0.229. The Kier molecular flexibility index (Phi) is 8.68. The van der Waals surface area contributed by atoms with E-state index in [1.807, 2.05) is 0 Å². The fourth-order valence-electron chi connectivity index (χ4n) is 1.76. The van der Waals surface area contributed by atoms with Crippen LogP contribution in [0.2, 0.25) is 0 Å². The summed E-state index contributed by atoms with van der Waals surface area (Å²) >= 11 is 0. The fourth-order valence-corrected chi connectivity index (χ4v) is 1.76. The number of rotatable bonds is 10. The van der Waals surface area contributed by atoms with Gasteiger partial charge in [0.05, 0.1) is 24.9 Å². The van der Waals surface area contributed by atoms with E-state index in [1.165, 1.54) is 13.8 Å². The minimum atomic E-state index is -1.47. The maximum atomic E-state index is 11.4. The number of carbonyl (C=O) groups excluding carboxylic acids is 1. The predicted octanol–water partition coefficient (Wildman–Crippen LogP) is -0.320. The van der Waals surface area contributed by atoms with Gasteiger partial charge in [0.15, 0.2) is 5.79 Å². The van der Waals surface area contributed by atoms with Crippen molar-refractivity contribution < 1.29 is 29.6 Å². The van der Waals surface area contributed by atoms with Gasteiger partial charge in [-0.2, -0.15) is 0 Å². The van der Waals surface area contributed by atoms with Gasteiger partial charge in [0.25, 0.3) is 0 Å². The third kappa shape index (κ3) is 8.79. The van der Waals surface area contributed by atoms with Gasteiger partial charge in [-0.3, -0.25) is 0 Å². The van der Waals surface area contributed by atoms with Crippen LogP contribution in [0.25, 0.3) is 0 Å². The van der Waals surface area contributed by atoms with Crippen molar-refractivity contribution in [2.45, 2.75) is 57.7 Å². The molecule has 0 spiro atoms. The number of nitrogens with two attached hydrogens (primary N) is 1. The Hall–Kier alpha value is -0.990. The number of hydrogen-bond acceptors (Lipinski definition) is 7. The van der Waals surface area contributed by atoms with Crippen LogP contribution in [0.4, 0.5) is 0 Å². The number of aliphatic hydroxyl groups is 3.